The molecule has 0 aromatic carbocycles. The molecule has 0 saturated carbocycles. The maximum atomic E-state index is 12.7. The summed E-state index contributed by atoms with van der Waals surface area (Å²) in [6.07, 6.45) is 4.99. The topological polar surface area (TPSA) is 114 Å². The summed E-state index contributed by atoms with van der Waals surface area (Å²) < 4.78 is 6.52. The zero-order chi connectivity index (χ0) is 19.5. The van der Waals surface area contributed by atoms with Crippen LogP contribution in [0, 0.1) is 6.92 Å². The number of imidazole rings is 1. The number of pyridine rings is 2. The van der Waals surface area contributed by atoms with E-state index in [4.69, 9.17) is 4.52 Å². The van der Waals surface area contributed by atoms with E-state index in [1.165, 1.54) is 0 Å². The largest absolute Gasteiger partial charge is 0.360 e. The average molecular weight is 376 g/mol. The van der Waals surface area contributed by atoms with Gasteiger partial charge in [-0.3, -0.25) is 19.0 Å². The molecular formula is C19H16N6O3. The highest BCUT2D eigenvalue weighted by atomic mass is 16.5. The fourth-order valence-electron chi connectivity index (χ4n) is 2.73. The van der Waals surface area contributed by atoms with Gasteiger partial charge >= 0.3 is 0 Å². The lowest BCUT2D eigenvalue weighted by atomic mass is 10.3. The van der Waals surface area contributed by atoms with E-state index in [1.54, 1.807) is 54.2 Å². The van der Waals surface area contributed by atoms with E-state index in [-0.39, 0.29) is 17.3 Å². The zero-order valence-electron chi connectivity index (χ0n) is 14.9. The Morgan fingerprint density at radius 1 is 1.14 bits per heavy atom. The Labute approximate surface area is 159 Å². The van der Waals surface area contributed by atoms with Crippen molar-refractivity contribution in [2.24, 2.45) is 0 Å². The normalized spacial score (nSPS) is 10.8. The van der Waals surface area contributed by atoms with Crippen molar-refractivity contribution in [3.05, 3.63) is 77.8 Å². The first-order valence-electron chi connectivity index (χ1n) is 8.50. The molecule has 4 aromatic heterocycles. The van der Waals surface area contributed by atoms with E-state index in [0.717, 1.165) is 5.56 Å². The number of nitrogens with one attached hydrogen (secondary N) is 2. The lowest BCUT2D eigenvalue weighted by Gasteiger charge is -2.04. The number of fused-ring (bicyclic) bond motifs is 1. The van der Waals surface area contributed by atoms with E-state index in [9.17, 15) is 9.59 Å². The molecule has 0 spiro atoms. The van der Waals surface area contributed by atoms with Crippen LogP contribution in [0.5, 0.6) is 0 Å². The number of carbonyl (C=O) groups excluding carboxylic acids is 2. The van der Waals surface area contributed by atoms with E-state index >= 15 is 0 Å². The molecule has 9 nitrogen and oxygen atoms in total. The molecular weight excluding hydrogens is 360 g/mol. The smallest absolute Gasteiger partial charge is 0.287 e. The summed E-state index contributed by atoms with van der Waals surface area (Å²) in [6, 6.07) is 10.5. The average Bonchev–Trinajstić information content (AvgIpc) is 3.30. The summed E-state index contributed by atoms with van der Waals surface area (Å²) in [7, 11) is 0. The lowest BCUT2D eigenvalue weighted by molar-refractivity contribution is 0.0940. The van der Waals surface area contributed by atoms with Gasteiger partial charge in [-0.15, -0.1) is 0 Å². The van der Waals surface area contributed by atoms with Crippen LogP contribution in [-0.2, 0) is 6.54 Å². The molecule has 28 heavy (non-hydrogen) atoms. The van der Waals surface area contributed by atoms with Crippen molar-refractivity contribution in [3.63, 3.8) is 0 Å². The number of nitrogens with zero attached hydrogens (tertiary/aromatic N) is 4. The van der Waals surface area contributed by atoms with Crippen molar-refractivity contribution in [2.75, 3.05) is 5.32 Å². The van der Waals surface area contributed by atoms with Gasteiger partial charge in [-0.05, 0) is 36.8 Å². The van der Waals surface area contributed by atoms with Crippen LogP contribution in [0.3, 0.4) is 0 Å². The number of aromatic nitrogens is 4. The quantitative estimate of drug-likeness (QED) is 0.552. The fourth-order valence-corrected chi connectivity index (χ4v) is 2.73. The van der Waals surface area contributed by atoms with Gasteiger partial charge < -0.3 is 15.2 Å². The van der Waals surface area contributed by atoms with Gasteiger partial charge in [-0.1, -0.05) is 11.2 Å². The van der Waals surface area contributed by atoms with Crippen LogP contribution in [0.4, 0.5) is 5.82 Å². The number of rotatable bonds is 5. The molecule has 0 aliphatic carbocycles. The molecule has 0 radical (unpaired) electrons. The van der Waals surface area contributed by atoms with Gasteiger partial charge in [0.2, 0.25) is 5.82 Å². The maximum absolute atomic E-state index is 12.7. The number of amides is 2. The highest BCUT2D eigenvalue weighted by Crippen LogP contribution is 2.16. The first-order valence-corrected chi connectivity index (χ1v) is 8.50. The predicted octanol–water partition coefficient (Wildman–Crippen LogP) is 2.21. The number of carbonyl (C=O) groups is 2. The van der Waals surface area contributed by atoms with Gasteiger partial charge in [-0.2, -0.15) is 0 Å². The first-order chi connectivity index (χ1) is 13.6. The molecule has 4 aromatic rings. The number of hydrogen-bond donors (Lipinski definition) is 2. The van der Waals surface area contributed by atoms with Crippen LogP contribution in [-0.4, -0.2) is 31.3 Å². The molecule has 0 saturated heterocycles. The van der Waals surface area contributed by atoms with Gasteiger partial charge in [0.15, 0.2) is 11.5 Å². The summed E-state index contributed by atoms with van der Waals surface area (Å²) >= 11 is 0. The summed E-state index contributed by atoms with van der Waals surface area (Å²) in [5.41, 5.74) is 1.54. The molecule has 2 N–H and O–H groups in total. The van der Waals surface area contributed by atoms with E-state index in [2.05, 4.69) is 25.8 Å². The molecule has 0 bridgehead atoms. The van der Waals surface area contributed by atoms with Gasteiger partial charge in [0, 0.05) is 31.2 Å². The molecule has 9 heteroatoms. The van der Waals surface area contributed by atoms with Gasteiger partial charge in [0.1, 0.15) is 5.76 Å². The maximum Gasteiger partial charge on any atom is 0.287 e. The van der Waals surface area contributed by atoms with Gasteiger partial charge in [0.05, 0.1) is 5.52 Å². The summed E-state index contributed by atoms with van der Waals surface area (Å²) in [5, 5.41) is 9.17. The predicted molar refractivity (Wildman–Crippen MR) is 99.8 cm³/mol. The second-order valence-corrected chi connectivity index (χ2v) is 6.05. The Kier molecular flexibility index (Phi) is 4.55. The van der Waals surface area contributed by atoms with Gasteiger partial charge in [0.25, 0.3) is 11.8 Å². The fraction of sp³-hybridized carbons (Fsp3) is 0.105. The minimum Gasteiger partial charge on any atom is -0.360 e. The van der Waals surface area contributed by atoms with Crippen LogP contribution < -0.4 is 10.6 Å². The molecule has 0 atom stereocenters. The van der Waals surface area contributed by atoms with E-state index in [0.29, 0.717) is 17.8 Å². The molecule has 0 aliphatic rings. The number of hydrogen-bond acceptors (Lipinski definition) is 6. The Bertz CT molecular complexity index is 1150. The van der Waals surface area contributed by atoms with Crippen LogP contribution >= 0.6 is 0 Å². The third kappa shape index (κ3) is 3.45. The molecule has 0 fully saturated rings. The van der Waals surface area contributed by atoms with Crippen molar-refractivity contribution in [3.8, 4) is 0 Å². The van der Waals surface area contributed by atoms with E-state index < -0.39 is 11.8 Å². The molecule has 0 aliphatic heterocycles. The monoisotopic (exact) mass is 376 g/mol. The Morgan fingerprint density at radius 2 is 1.96 bits per heavy atom. The highest BCUT2D eigenvalue weighted by molar-refractivity contribution is 6.08. The van der Waals surface area contributed by atoms with E-state index in [1.807, 2.05) is 12.1 Å². The standard InChI is InChI=1S/C19H16N6O3/c1-12-10-15(24-28-12)22-18(26)16-14-4-2-3-9-25(14)17(23-16)19(27)21-11-13-5-7-20-8-6-13/h2-10H,11H2,1H3,(H,21,27)(H,22,24,26). The van der Waals surface area contributed by atoms with Crippen LogP contribution in [0.15, 0.2) is 59.5 Å². The molecule has 4 heterocycles. The molecule has 0 unspecified atom stereocenters. The Hall–Kier alpha value is -4.01. The lowest BCUT2D eigenvalue weighted by Crippen LogP contribution is -2.25. The van der Waals surface area contributed by atoms with Crippen molar-refractivity contribution >= 4 is 23.1 Å². The highest BCUT2D eigenvalue weighted by Gasteiger charge is 2.22. The van der Waals surface area contributed by atoms with Crippen LogP contribution in [0.1, 0.15) is 32.4 Å². The Morgan fingerprint density at radius 3 is 2.71 bits per heavy atom. The third-order valence-corrected chi connectivity index (χ3v) is 4.04. The van der Waals surface area contributed by atoms with Crippen LogP contribution in [0.25, 0.3) is 5.52 Å². The minimum absolute atomic E-state index is 0.117. The van der Waals surface area contributed by atoms with Gasteiger partial charge in [-0.25, -0.2) is 4.98 Å². The van der Waals surface area contributed by atoms with Crippen molar-refractivity contribution < 1.29 is 14.1 Å². The summed E-state index contributed by atoms with van der Waals surface area (Å²) in [4.78, 5) is 33.5. The minimum atomic E-state index is -0.481. The number of anilines is 1. The zero-order valence-corrected chi connectivity index (χ0v) is 14.9. The number of aryl methyl sites for hydroxylation is 1. The SMILES string of the molecule is Cc1cc(NC(=O)c2nc(C(=O)NCc3ccncc3)n3ccccc23)no1. The molecule has 4 rings (SSSR count). The van der Waals surface area contributed by atoms with Crippen molar-refractivity contribution in [1.29, 1.82) is 0 Å². The summed E-state index contributed by atoms with van der Waals surface area (Å²) in [5.74, 6) is 0.0927. The second-order valence-electron chi connectivity index (χ2n) is 6.05. The van der Waals surface area contributed by atoms with Crippen molar-refractivity contribution in [2.45, 2.75) is 13.5 Å². The third-order valence-electron chi connectivity index (χ3n) is 4.04. The Balaban J connectivity index is 1.60. The first kappa shape index (κ1) is 17.4. The second kappa shape index (κ2) is 7.31. The van der Waals surface area contributed by atoms with Crippen LogP contribution in [0.2, 0.25) is 0 Å². The molecule has 2 amide bonds. The molecule has 140 valence electrons. The van der Waals surface area contributed by atoms with Crippen molar-refractivity contribution in [1.82, 2.24) is 24.8 Å². The summed E-state index contributed by atoms with van der Waals surface area (Å²) in [6.45, 7) is 2.04.